The van der Waals surface area contributed by atoms with Crippen molar-refractivity contribution in [3.63, 3.8) is 0 Å². The Morgan fingerprint density at radius 1 is 0.230 bits per heavy atom. The minimum atomic E-state index is 0.579. The van der Waals surface area contributed by atoms with Gasteiger partial charge in [-0.1, -0.05) is 224 Å². The molecule has 0 N–H and O–H groups in total. The summed E-state index contributed by atoms with van der Waals surface area (Å²) in [6.45, 7) is 0. The van der Waals surface area contributed by atoms with E-state index in [0.29, 0.717) is 17.5 Å². The molecule has 5 nitrogen and oxygen atoms in total. The SMILES string of the molecule is c1ccc(-c2ccc(-c3nc(-c4ccccc4)nc(-c4ccccc4-c4ccccc4)n3)c(-n3c4cc(-c5ccccc5)ccc4c4c(-c5cccc6c5c5ccccc5n6-c5ccccc5)cccc43)c2)cc1. The molecule has 3 aromatic heterocycles. The topological polar surface area (TPSA) is 48.5 Å². The van der Waals surface area contributed by atoms with Gasteiger partial charge in [0.15, 0.2) is 17.5 Å². The second-order valence-electron chi connectivity index (χ2n) is 18.7. The molecule has 0 amide bonds. The summed E-state index contributed by atoms with van der Waals surface area (Å²) < 4.78 is 4.86. The van der Waals surface area contributed by atoms with Crippen LogP contribution in [-0.4, -0.2) is 24.1 Å². The zero-order valence-electron chi connectivity index (χ0n) is 40.2. The van der Waals surface area contributed by atoms with Crippen LogP contribution in [0.2, 0.25) is 0 Å². The number of rotatable bonds is 9. The molecule has 0 radical (unpaired) electrons. The quantitative estimate of drug-likeness (QED) is 0.145. The lowest BCUT2D eigenvalue weighted by Gasteiger charge is -2.17. The van der Waals surface area contributed by atoms with Crippen LogP contribution in [-0.2, 0) is 0 Å². The molecular weight excluding hydrogens is 899 g/mol. The van der Waals surface area contributed by atoms with E-state index in [1.165, 1.54) is 27.2 Å². The highest BCUT2D eigenvalue weighted by molar-refractivity contribution is 6.22. The predicted molar refractivity (Wildman–Crippen MR) is 307 cm³/mol. The molecule has 11 aromatic carbocycles. The van der Waals surface area contributed by atoms with Crippen molar-refractivity contribution < 1.29 is 0 Å². The summed E-state index contributed by atoms with van der Waals surface area (Å²) in [5.41, 5.74) is 18.2. The van der Waals surface area contributed by atoms with Gasteiger partial charge in [0.05, 0.1) is 27.8 Å². The standard InChI is InChI=1S/C69H45N5/c1-6-22-46(23-7-1)50-40-42-58-63(44-50)74(62-39-21-36-55(66(58)62)54-35-20-38-61-65(54)57-34-18-19-37-60(57)73(61)52-30-14-5-15-31-52)64-45-51(47-24-8-2-9-25-47)41-43-59(64)69-71-67(49-28-12-4-13-29-49)70-68(72-69)56-33-17-16-32-53(56)48-26-10-3-11-27-48/h1-45H. The van der Waals surface area contributed by atoms with Crippen molar-refractivity contribution in [3.8, 4) is 90.0 Å². The van der Waals surface area contributed by atoms with Crippen LogP contribution in [0.5, 0.6) is 0 Å². The van der Waals surface area contributed by atoms with Gasteiger partial charge in [-0.15, -0.1) is 0 Å². The van der Waals surface area contributed by atoms with E-state index in [4.69, 9.17) is 15.0 Å². The highest BCUT2D eigenvalue weighted by Crippen LogP contribution is 2.46. The normalized spacial score (nSPS) is 11.5. The fraction of sp³-hybridized carbons (Fsp3) is 0. The molecule has 74 heavy (non-hydrogen) atoms. The molecule has 346 valence electrons. The van der Waals surface area contributed by atoms with Gasteiger partial charge in [-0.3, -0.25) is 0 Å². The molecule has 14 rings (SSSR count). The van der Waals surface area contributed by atoms with E-state index in [1.54, 1.807) is 0 Å². The summed E-state index contributed by atoms with van der Waals surface area (Å²) >= 11 is 0. The number of fused-ring (bicyclic) bond motifs is 6. The van der Waals surface area contributed by atoms with Gasteiger partial charge in [0.25, 0.3) is 0 Å². The fourth-order valence-electron chi connectivity index (χ4n) is 11.1. The third kappa shape index (κ3) is 7.29. The van der Waals surface area contributed by atoms with E-state index in [0.717, 1.165) is 88.9 Å². The van der Waals surface area contributed by atoms with Crippen molar-refractivity contribution in [3.05, 3.63) is 273 Å². The number of aromatic nitrogens is 5. The Labute approximate surface area is 428 Å². The first-order valence-electron chi connectivity index (χ1n) is 25.1. The molecule has 0 fully saturated rings. The largest absolute Gasteiger partial charge is 0.309 e. The van der Waals surface area contributed by atoms with Crippen LogP contribution in [0, 0.1) is 0 Å². The van der Waals surface area contributed by atoms with Gasteiger partial charge in [0.1, 0.15) is 0 Å². The summed E-state index contributed by atoms with van der Waals surface area (Å²) in [4.78, 5) is 16.2. The highest BCUT2D eigenvalue weighted by atomic mass is 15.1. The van der Waals surface area contributed by atoms with Gasteiger partial charge in [-0.25, -0.2) is 15.0 Å². The molecule has 0 saturated carbocycles. The van der Waals surface area contributed by atoms with Gasteiger partial charge in [0, 0.05) is 43.9 Å². The van der Waals surface area contributed by atoms with Crippen LogP contribution in [0.4, 0.5) is 0 Å². The number of benzene rings is 11. The molecule has 0 aliphatic rings. The second-order valence-corrected chi connectivity index (χ2v) is 18.7. The van der Waals surface area contributed by atoms with E-state index in [-0.39, 0.29) is 0 Å². The maximum Gasteiger partial charge on any atom is 0.166 e. The smallest absolute Gasteiger partial charge is 0.166 e. The third-order valence-corrected chi connectivity index (χ3v) is 14.4. The molecule has 0 unspecified atom stereocenters. The summed E-state index contributed by atoms with van der Waals surface area (Å²) in [6.07, 6.45) is 0. The van der Waals surface area contributed by atoms with Gasteiger partial charge in [-0.2, -0.15) is 0 Å². The maximum atomic E-state index is 5.50. The van der Waals surface area contributed by atoms with E-state index in [9.17, 15) is 0 Å². The molecule has 0 aliphatic heterocycles. The van der Waals surface area contributed by atoms with Crippen LogP contribution in [0.25, 0.3) is 134 Å². The lowest BCUT2D eigenvalue weighted by molar-refractivity contribution is 1.06. The van der Waals surface area contributed by atoms with Crippen LogP contribution >= 0.6 is 0 Å². The zero-order chi connectivity index (χ0) is 49.0. The molecule has 0 atom stereocenters. The Balaban J connectivity index is 1.08. The molecule has 0 bridgehead atoms. The van der Waals surface area contributed by atoms with Gasteiger partial charge in [0.2, 0.25) is 0 Å². The monoisotopic (exact) mass is 943 g/mol. The van der Waals surface area contributed by atoms with Crippen molar-refractivity contribution in [1.29, 1.82) is 0 Å². The predicted octanol–water partition coefficient (Wildman–Crippen LogP) is 17.7. The summed E-state index contributed by atoms with van der Waals surface area (Å²) in [7, 11) is 0. The lowest BCUT2D eigenvalue weighted by atomic mass is 9.95. The average Bonchev–Trinajstić information content (AvgIpc) is 4.01. The molecule has 14 aromatic rings. The molecule has 0 saturated heterocycles. The van der Waals surface area contributed by atoms with E-state index in [2.05, 4.69) is 258 Å². The molecule has 5 heteroatoms. The van der Waals surface area contributed by atoms with E-state index in [1.807, 2.05) is 24.3 Å². The fourth-order valence-corrected chi connectivity index (χ4v) is 11.1. The number of hydrogen-bond donors (Lipinski definition) is 0. The highest BCUT2D eigenvalue weighted by Gasteiger charge is 2.25. The Kier molecular flexibility index (Phi) is 10.4. The van der Waals surface area contributed by atoms with Crippen LogP contribution in [0.1, 0.15) is 0 Å². The van der Waals surface area contributed by atoms with Crippen molar-refractivity contribution in [2.45, 2.75) is 0 Å². The minimum Gasteiger partial charge on any atom is -0.309 e. The summed E-state index contributed by atoms with van der Waals surface area (Å²) in [6, 6.07) is 97.2. The van der Waals surface area contributed by atoms with Gasteiger partial charge < -0.3 is 9.13 Å². The van der Waals surface area contributed by atoms with E-state index < -0.39 is 0 Å². The van der Waals surface area contributed by atoms with Gasteiger partial charge >= 0.3 is 0 Å². The molecular formula is C69H45N5. The summed E-state index contributed by atoms with van der Waals surface area (Å²) in [5.74, 6) is 1.78. The van der Waals surface area contributed by atoms with E-state index >= 15 is 0 Å². The first-order valence-corrected chi connectivity index (χ1v) is 25.1. The number of nitrogens with zero attached hydrogens (tertiary/aromatic N) is 5. The first kappa shape index (κ1) is 42.9. The molecule has 3 heterocycles. The lowest BCUT2D eigenvalue weighted by Crippen LogP contribution is -2.04. The average molecular weight is 944 g/mol. The second kappa shape index (κ2) is 18.0. The van der Waals surface area contributed by atoms with Crippen molar-refractivity contribution in [1.82, 2.24) is 24.1 Å². The number of hydrogen-bond acceptors (Lipinski definition) is 3. The van der Waals surface area contributed by atoms with Crippen LogP contribution in [0.15, 0.2) is 273 Å². The zero-order valence-corrected chi connectivity index (χ0v) is 40.2. The van der Waals surface area contributed by atoms with Crippen molar-refractivity contribution in [2.75, 3.05) is 0 Å². The van der Waals surface area contributed by atoms with Gasteiger partial charge in [-0.05, 0) is 93.0 Å². The summed E-state index contributed by atoms with van der Waals surface area (Å²) in [5, 5.41) is 4.74. The minimum absolute atomic E-state index is 0.579. The van der Waals surface area contributed by atoms with Crippen molar-refractivity contribution >= 4 is 43.6 Å². The maximum absolute atomic E-state index is 5.50. The molecule has 0 spiro atoms. The Morgan fingerprint density at radius 3 is 1.32 bits per heavy atom. The van der Waals surface area contributed by atoms with Crippen LogP contribution in [0.3, 0.4) is 0 Å². The molecule has 0 aliphatic carbocycles. The third-order valence-electron chi connectivity index (χ3n) is 14.4. The van der Waals surface area contributed by atoms with Crippen molar-refractivity contribution in [2.24, 2.45) is 0 Å². The first-order chi connectivity index (χ1) is 36.7. The number of para-hydroxylation sites is 2. The Bertz CT molecular complexity index is 4390. The Hall–Kier alpha value is -9.97. The van der Waals surface area contributed by atoms with Crippen LogP contribution < -0.4 is 0 Å². The Morgan fingerprint density at radius 2 is 0.676 bits per heavy atom.